The predicted molar refractivity (Wildman–Crippen MR) is 77.9 cm³/mol. The molecule has 19 heavy (non-hydrogen) atoms. The van der Waals surface area contributed by atoms with Crippen molar-refractivity contribution < 1.29 is 4.42 Å². The molecule has 0 saturated carbocycles. The molecule has 1 heterocycles. The molecule has 0 aliphatic carbocycles. The third kappa shape index (κ3) is 2.19. The second-order valence-electron chi connectivity index (χ2n) is 4.65. The Balaban J connectivity index is 2.03. The van der Waals surface area contributed by atoms with Crippen LogP contribution < -0.4 is 5.73 Å². The minimum atomic E-state index is 0.621. The van der Waals surface area contributed by atoms with Crippen LogP contribution in [-0.4, -0.2) is 4.98 Å². The first kappa shape index (κ1) is 11.8. The van der Waals surface area contributed by atoms with Gasteiger partial charge in [-0.15, -0.1) is 0 Å². The Morgan fingerprint density at radius 1 is 1.16 bits per heavy atom. The van der Waals surface area contributed by atoms with Gasteiger partial charge in [0.1, 0.15) is 5.52 Å². The molecule has 0 bridgehead atoms. The van der Waals surface area contributed by atoms with Crippen molar-refractivity contribution in [1.29, 1.82) is 0 Å². The largest absolute Gasteiger partial charge is 0.436 e. The van der Waals surface area contributed by atoms with E-state index in [4.69, 9.17) is 10.2 Å². The maximum absolute atomic E-state index is 6.07. The summed E-state index contributed by atoms with van der Waals surface area (Å²) in [5.74, 6) is 0.621. The third-order valence-corrected chi connectivity index (χ3v) is 3.21. The average Bonchev–Trinajstić information content (AvgIpc) is 2.85. The van der Waals surface area contributed by atoms with Crippen LogP contribution in [0, 0.1) is 0 Å². The van der Waals surface area contributed by atoms with Crippen LogP contribution in [0.3, 0.4) is 0 Å². The summed E-state index contributed by atoms with van der Waals surface area (Å²) in [7, 11) is 0. The molecule has 1 aromatic heterocycles. The van der Waals surface area contributed by atoms with Crippen LogP contribution in [0.2, 0.25) is 0 Å². The van der Waals surface area contributed by atoms with Crippen LogP contribution in [0.25, 0.3) is 22.6 Å². The van der Waals surface area contributed by atoms with Crippen LogP contribution >= 0.6 is 0 Å². The predicted octanol–water partition coefficient (Wildman–Crippen LogP) is 4.03. The summed E-state index contributed by atoms with van der Waals surface area (Å²) in [6.07, 6.45) is 2.09. The Labute approximate surface area is 112 Å². The molecule has 0 aliphatic heterocycles. The van der Waals surface area contributed by atoms with Crippen LogP contribution in [-0.2, 0) is 6.42 Å². The van der Waals surface area contributed by atoms with Crippen molar-refractivity contribution in [2.75, 3.05) is 5.73 Å². The van der Waals surface area contributed by atoms with Gasteiger partial charge in [-0.2, -0.15) is 0 Å². The maximum atomic E-state index is 6.07. The van der Waals surface area contributed by atoms with E-state index in [1.54, 1.807) is 0 Å². The minimum Gasteiger partial charge on any atom is -0.436 e. The van der Waals surface area contributed by atoms with Crippen molar-refractivity contribution in [2.45, 2.75) is 19.8 Å². The number of nitrogens with zero attached hydrogens (tertiary/aromatic N) is 1. The molecule has 3 rings (SSSR count). The van der Waals surface area contributed by atoms with Crippen LogP contribution in [0.4, 0.5) is 5.69 Å². The highest BCUT2D eigenvalue weighted by Gasteiger charge is 2.09. The summed E-state index contributed by atoms with van der Waals surface area (Å²) in [4.78, 5) is 4.48. The van der Waals surface area contributed by atoms with Crippen molar-refractivity contribution in [1.82, 2.24) is 4.98 Å². The van der Waals surface area contributed by atoms with Crippen LogP contribution in [0.15, 0.2) is 46.9 Å². The zero-order valence-corrected chi connectivity index (χ0v) is 10.9. The molecule has 3 heteroatoms. The molecule has 0 saturated heterocycles. The first-order valence-electron chi connectivity index (χ1n) is 6.52. The number of benzene rings is 2. The van der Waals surface area contributed by atoms with E-state index in [1.807, 2.05) is 36.4 Å². The molecule has 3 nitrogen and oxygen atoms in total. The molecule has 0 amide bonds. The van der Waals surface area contributed by atoms with Gasteiger partial charge >= 0.3 is 0 Å². The lowest BCUT2D eigenvalue weighted by atomic mass is 10.1. The lowest BCUT2D eigenvalue weighted by molar-refractivity contribution is 0.620. The summed E-state index contributed by atoms with van der Waals surface area (Å²) < 4.78 is 5.74. The van der Waals surface area contributed by atoms with Crippen molar-refractivity contribution in [2.24, 2.45) is 0 Å². The molecule has 0 spiro atoms. The van der Waals surface area contributed by atoms with Gasteiger partial charge in [-0.3, -0.25) is 0 Å². The quantitative estimate of drug-likeness (QED) is 0.716. The lowest BCUT2D eigenvalue weighted by Gasteiger charge is -2.05. The van der Waals surface area contributed by atoms with E-state index in [9.17, 15) is 0 Å². The number of nitrogens with two attached hydrogens (primary N) is 1. The monoisotopic (exact) mass is 252 g/mol. The zero-order valence-electron chi connectivity index (χ0n) is 10.9. The molecule has 3 aromatic rings. The molecule has 2 aromatic carbocycles. The lowest BCUT2D eigenvalue weighted by Crippen LogP contribution is -1.94. The Kier molecular flexibility index (Phi) is 2.95. The topological polar surface area (TPSA) is 52.0 Å². The van der Waals surface area contributed by atoms with Gasteiger partial charge in [0.15, 0.2) is 5.58 Å². The van der Waals surface area contributed by atoms with E-state index < -0.39 is 0 Å². The fourth-order valence-electron chi connectivity index (χ4n) is 2.22. The summed E-state index contributed by atoms with van der Waals surface area (Å²) in [6.45, 7) is 2.15. The summed E-state index contributed by atoms with van der Waals surface area (Å²) in [5.41, 5.74) is 10.7. The van der Waals surface area contributed by atoms with Gasteiger partial charge < -0.3 is 10.2 Å². The summed E-state index contributed by atoms with van der Waals surface area (Å²) in [6, 6.07) is 13.8. The van der Waals surface area contributed by atoms with E-state index in [0.29, 0.717) is 5.89 Å². The normalized spacial score (nSPS) is 11.0. The SMILES string of the molecule is CCCc1ccc(-c2nc3ccccc3o2)cc1N. The van der Waals surface area contributed by atoms with Gasteiger partial charge in [-0.25, -0.2) is 4.98 Å². The van der Waals surface area contributed by atoms with E-state index in [1.165, 1.54) is 5.56 Å². The smallest absolute Gasteiger partial charge is 0.227 e. The molecule has 96 valence electrons. The zero-order chi connectivity index (χ0) is 13.2. The fourth-order valence-corrected chi connectivity index (χ4v) is 2.22. The second kappa shape index (κ2) is 4.76. The van der Waals surface area contributed by atoms with E-state index >= 15 is 0 Å². The van der Waals surface area contributed by atoms with Crippen molar-refractivity contribution in [3.63, 3.8) is 0 Å². The summed E-state index contributed by atoms with van der Waals surface area (Å²) in [5, 5.41) is 0. The number of nitrogen functional groups attached to an aromatic ring is 1. The van der Waals surface area contributed by atoms with Crippen molar-refractivity contribution in [3.8, 4) is 11.5 Å². The second-order valence-corrected chi connectivity index (χ2v) is 4.65. The maximum Gasteiger partial charge on any atom is 0.227 e. The number of oxazole rings is 1. The van der Waals surface area contributed by atoms with Crippen molar-refractivity contribution >= 4 is 16.8 Å². The van der Waals surface area contributed by atoms with E-state index in [0.717, 1.165) is 35.2 Å². The summed E-state index contributed by atoms with van der Waals surface area (Å²) >= 11 is 0. The molecule has 2 N–H and O–H groups in total. The Morgan fingerprint density at radius 3 is 2.74 bits per heavy atom. The van der Waals surface area contributed by atoms with Crippen LogP contribution in [0.5, 0.6) is 0 Å². The van der Waals surface area contributed by atoms with Gasteiger partial charge in [0.2, 0.25) is 5.89 Å². The number of rotatable bonds is 3. The average molecular weight is 252 g/mol. The van der Waals surface area contributed by atoms with Gasteiger partial charge in [0.05, 0.1) is 0 Å². The van der Waals surface area contributed by atoms with E-state index in [-0.39, 0.29) is 0 Å². The number of hydrogen-bond acceptors (Lipinski definition) is 3. The molecular weight excluding hydrogens is 236 g/mol. The number of hydrogen-bond donors (Lipinski definition) is 1. The minimum absolute atomic E-state index is 0.621. The van der Waals surface area contributed by atoms with Gasteiger partial charge in [0.25, 0.3) is 0 Å². The number of anilines is 1. The molecule has 0 fully saturated rings. The van der Waals surface area contributed by atoms with Gasteiger partial charge in [-0.1, -0.05) is 31.5 Å². The van der Waals surface area contributed by atoms with Gasteiger partial charge in [-0.05, 0) is 36.2 Å². The highest BCUT2D eigenvalue weighted by molar-refractivity contribution is 5.76. The first-order valence-corrected chi connectivity index (χ1v) is 6.52. The molecule has 0 radical (unpaired) electrons. The standard InChI is InChI=1S/C16H16N2O/c1-2-5-11-8-9-12(10-13(11)17)16-18-14-6-3-4-7-15(14)19-16/h3-4,6-10H,2,5,17H2,1H3. The number of aromatic nitrogens is 1. The third-order valence-electron chi connectivity index (χ3n) is 3.21. The van der Waals surface area contributed by atoms with Gasteiger partial charge in [0, 0.05) is 11.3 Å². The van der Waals surface area contributed by atoms with Crippen molar-refractivity contribution in [3.05, 3.63) is 48.0 Å². The Bertz CT molecular complexity index is 683. The molecule has 0 aliphatic rings. The number of fused-ring (bicyclic) bond motifs is 1. The Hall–Kier alpha value is -2.29. The molecular formula is C16H16N2O. The fraction of sp³-hybridized carbons (Fsp3) is 0.188. The number of aryl methyl sites for hydroxylation is 1. The van der Waals surface area contributed by atoms with Crippen LogP contribution in [0.1, 0.15) is 18.9 Å². The highest BCUT2D eigenvalue weighted by atomic mass is 16.3. The Morgan fingerprint density at radius 2 is 2.00 bits per heavy atom. The number of para-hydroxylation sites is 2. The van der Waals surface area contributed by atoms with E-state index in [2.05, 4.69) is 18.0 Å². The highest BCUT2D eigenvalue weighted by Crippen LogP contribution is 2.27. The molecule has 0 atom stereocenters. The first-order chi connectivity index (χ1) is 9.28. The molecule has 0 unspecified atom stereocenters.